The average molecular weight is 304 g/mol. The van der Waals surface area contributed by atoms with Crippen LogP contribution in [0.4, 0.5) is 0 Å². The number of fused-ring (bicyclic) bond motifs is 1. The van der Waals surface area contributed by atoms with Crippen molar-refractivity contribution < 1.29 is 4.74 Å². The molecule has 2 aromatic rings. The van der Waals surface area contributed by atoms with Gasteiger partial charge < -0.3 is 4.74 Å². The summed E-state index contributed by atoms with van der Waals surface area (Å²) in [7, 11) is 1.96. The fraction of sp³-hybridized carbons (Fsp3) is 0.467. The van der Waals surface area contributed by atoms with Gasteiger partial charge in [0.2, 0.25) is 0 Å². The van der Waals surface area contributed by atoms with Gasteiger partial charge in [-0.05, 0) is 22.4 Å². The molecule has 2 aromatic heterocycles. The lowest BCUT2D eigenvalue weighted by Crippen LogP contribution is -2.38. The Morgan fingerprint density at radius 2 is 2.48 bits per heavy atom. The Hall–Kier alpha value is -1.50. The minimum Gasteiger partial charge on any atom is -0.375 e. The topological polar surface area (TPSA) is 43.2 Å². The first kappa shape index (κ1) is 14.4. The molecular weight excluding hydrogens is 284 g/mol. The molecule has 0 amide bonds. The molecular formula is C15H20N4OS. The van der Waals surface area contributed by atoms with E-state index >= 15 is 0 Å². The average Bonchev–Trinajstić information content (AvgIpc) is 3.11. The molecule has 21 heavy (non-hydrogen) atoms. The second-order valence-electron chi connectivity index (χ2n) is 5.24. The van der Waals surface area contributed by atoms with Gasteiger partial charge in [-0.2, -0.15) is 11.3 Å². The molecule has 1 atom stereocenters. The van der Waals surface area contributed by atoms with E-state index in [1.54, 1.807) is 17.4 Å². The molecule has 0 bridgehead atoms. The highest BCUT2D eigenvalue weighted by Gasteiger charge is 2.31. The van der Waals surface area contributed by atoms with Crippen LogP contribution in [0.1, 0.15) is 23.0 Å². The second-order valence-corrected chi connectivity index (χ2v) is 6.02. The lowest BCUT2D eigenvalue weighted by Gasteiger charge is -2.34. The molecule has 0 aromatic carbocycles. The first-order chi connectivity index (χ1) is 10.3. The van der Waals surface area contributed by atoms with Crippen molar-refractivity contribution in [2.75, 3.05) is 19.8 Å². The Balaban J connectivity index is 1.80. The number of hydrogen-bond donors (Lipinski definition) is 0. The van der Waals surface area contributed by atoms with Crippen molar-refractivity contribution in [1.29, 1.82) is 0 Å². The number of hydrogen-bond acceptors (Lipinski definition) is 5. The van der Waals surface area contributed by atoms with Crippen LogP contribution >= 0.6 is 11.3 Å². The third-order valence-corrected chi connectivity index (χ3v) is 4.57. The van der Waals surface area contributed by atoms with Crippen LogP contribution in [0.5, 0.6) is 0 Å². The van der Waals surface area contributed by atoms with Crippen LogP contribution in [0.2, 0.25) is 0 Å². The van der Waals surface area contributed by atoms with Crippen LogP contribution < -0.4 is 0 Å². The molecule has 0 radical (unpaired) electrons. The number of aryl methyl sites for hydroxylation is 1. The molecule has 0 fully saturated rings. The number of nitrogens with zero attached hydrogens (tertiary/aromatic N) is 4. The minimum atomic E-state index is 0.169. The normalized spacial score (nSPS) is 18.6. The number of thiophene rings is 1. The van der Waals surface area contributed by atoms with E-state index in [-0.39, 0.29) is 6.04 Å². The highest BCUT2D eigenvalue weighted by Crippen LogP contribution is 2.29. The Morgan fingerprint density at radius 1 is 1.57 bits per heavy atom. The predicted octanol–water partition coefficient (Wildman–Crippen LogP) is 2.18. The molecule has 1 aliphatic rings. The molecule has 5 nitrogen and oxygen atoms in total. The summed E-state index contributed by atoms with van der Waals surface area (Å²) < 4.78 is 7.59. The summed E-state index contributed by atoms with van der Waals surface area (Å²) in [6.45, 7) is 6.84. The van der Waals surface area contributed by atoms with Gasteiger partial charge in [0.15, 0.2) is 0 Å². The van der Waals surface area contributed by atoms with Crippen LogP contribution in [0, 0.1) is 0 Å². The van der Waals surface area contributed by atoms with Crippen LogP contribution in [0.15, 0.2) is 29.5 Å². The van der Waals surface area contributed by atoms with E-state index in [9.17, 15) is 0 Å². The maximum Gasteiger partial charge on any atom is 0.105 e. The standard InChI is InChI=1S/C15H20N4OS/c1-3-7-20-10-14-15-13(18(2)17-16-15)4-6-19(14)9-12-5-8-21-11-12/h3,5,8,11,14H,1,4,6-7,9-10H2,2H3/t14-/m1/s1. The van der Waals surface area contributed by atoms with Gasteiger partial charge in [0.05, 0.1) is 24.9 Å². The summed E-state index contributed by atoms with van der Waals surface area (Å²) in [6.07, 6.45) is 2.77. The molecule has 3 rings (SSSR count). The van der Waals surface area contributed by atoms with E-state index in [0.717, 1.165) is 25.2 Å². The van der Waals surface area contributed by atoms with Gasteiger partial charge >= 0.3 is 0 Å². The molecule has 112 valence electrons. The third-order valence-electron chi connectivity index (χ3n) is 3.84. The largest absolute Gasteiger partial charge is 0.375 e. The summed E-state index contributed by atoms with van der Waals surface area (Å²) >= 11 is 1.74. The molecule has 0 saturated carbocycles. The second kappa shape index (κ2) is 6.51. The molecule has 0 saturated heterocycles. The minimum absolute atomic E-state index is 0.169. The fourth-order valence-electron chi connectivity index (χ4n) is 2.77. The summed E-state index contributed by atoms with van der Waals surface area (Å²) in [4.78, 5) is 2.43. The smallest absolute Gasteiger partial charge is 0.105 e. The molecule has 0 aliphatic carbocycles. The van der Waals surface area contributed by atoms with Crippen molar-refractivity contribution >= 4 is 11.3 Å². The number of ether oxygens (including phenoxy) is 1. The fourth-order valence-corrected chi connectivity index (χ4v) is 3.43. The van der Waals surface area contributed by atoms with Crippen LogP contribution in [0.3, 0.4) is 0 Å². The van der Waals surface area contributed by atoms with E-state index in [2.05, 4.69) is 38.6 Å². The Bertz CT molecular complexity index is 593. The zero-order chi connectivity index (χ0) is 14.7. The van der Waals surface area contributed by atoms with Crippen molar-refractivity contribution in [2.45, 2.75) is 19.0 Å². The molecule has 0 N–H and O–H groups in total. The van der Waals surface area contributed by atoms with Crippen molar-refractivity contribution in [2.24, 2.45) is 7.05 Å². The lowest BCUT2D eigenvalue weighted by atomic mass is 10.0. The van der Waals surface area contributed by atoms with Gasteiger partial charge in [-0.3, -0.25) is 9.58 Å². The van der Waals surface area contributed by atoms with E-state index in [4.69, 9.17) is 4.74 Å². The van der Waals surface area contributed by atoms with Crippen molar-refractivity contribution in [3.05, 3.63) is 46.4 Å². The van der Waals surface area contributed by atoms with E-state index in [0.29, 0.717) is 13.2 Å². The van der Waals surface area contributed by atoms with Crippen molar-refractivity contribution in [1.82, 2.24) is 19.9 Å². The van der Waals surface area contributed by atoms with Crippen LogP contribution in [-0.4, -0.2) is 39.7 Å². The van der Waals surface area contributed by atoms with Crippen molar-refractivity contribution in [3.63, 3.8) is 0 Å². The van der Waals surface area contributed by atoms with E-state index in [1.807, 2.05) is 11.7 Å². The molecule has 6 heteroatoms. The molecule has 1 aliphatic heterocycles. The maximum atomic E-state index is 5.70. The SMILES string of the molecule is C=CCOC[C@@H]1c2nnn(C)c2CCN1Cc1ccsc1. The van der Waals surface area contributed by atoms with Crippen LogP contribution in [0.25, 0.3) is 0 Å². The first-order valence-electron chi connectivity index (χ1n) is 7.12. The third kappa shape index (κ3) is 3.07. The Morgan fingerprint density at radius 3 is 3.24 bits per heavy atom. The summed E-state index contributed by atoms with van der Waals surface area (Å²) in [5.74, 6) is 0. The predicted molar refractivity (Wildman–Crippen MR) is 83.2 cm³/mol. The van der Waals surface area contributed by atoms with Crippen molar-refractivity contribution in [3.8, 4) is 0 Å². The summed E-state index contributed by atoms with van der Waals surface area (Å²) in [6, 6.07) is 2.35. The zero-order valence-corrected chi connectivity index (χ0v) is 13.1. The Labute approximate surface area is 128 Å². The van der Waals surface area contributed by atoms with Crippen LogP contribution in [-0.2, 0) is 24.8 Å². The first-order valence-corrected chi connectivity index (χ1v) is 8.06. The van der Waals surface area contributed by atoms with Gasteiger partial charge in [-0.1, -0.05) is 11.3 Å². The summed E-state index contributed by atoms with van der Waals surface area (Å²) in [5, 5.41) is 12.9. The summed E-state index contributed by atoms with van der Waals surface area (Å²) in [5.41, 5.74) is 3.63. The highest BCUT2D eigenvalue weighted by atomic mass is 32.1. The molecule has 0 unspecified atom stereocenters. The van der Waals surface area contributed by atoms with Gasteiger partial charge in [0, 0.05) is 26.6 Å². The maximum absolute atomic E-state index is 5.70. The highest BCUT2D eigenvalue weighted by molar-refractivity contribution is 7.07. The van der Waals surface area contributed by atoms with Gasteiger partial charge in [0.25, 0.3) is 0 Å². The number of rotatable bonds is 6. The quantitative estimate of drug-likeness (QED) is 0.606. The lowest BCUT2D eigenvalue weighted by molar-refractivity contribution is 0.0600. The van der Waals surface area contributed by atoms with E-state index < -0.39 is 0 Å². The molecule has 3 heterocycles. The van der Waals surface area contributed by atoms with Gasteiger partial charge in [-0.15, -0.1) is 11.7 Å². The number of aromatic nitrogens is 3. The molecule has 0 spiro atoms. The monoisotopic (exact) mass is 304 g/mol. The van der Waals surface area contributed by atoms with E-state index in [1.165, 1.54) is 11.3 Å². The van der Waals surface area contributed by atoms with Gasteiger partial charge in [0.1, 0.15) is 5.69 Å². The van der Waals surface area contributed by atoms with Gasteiger partial charge in [-0.25, -0.2) is 0 Å². The zero-order valence-electron chi connectivity index (χ0n) is 12.2. The Kier molecular flexibility index (Phi) is 4.48.